The molecule has 0 amide bonds. The highest BCUT2D eigenvalue weighted by Crippen LogP contribution is 2.24. The molecule has 6 aromatic carbocycles. The van der Waals surface area contributed by atoms with E-state index in [1.54, 1.807) is 74.5 Å². The zero-order valence-electron chi connectivity index (χ0n) is 58.4. The maximum atomic E-state index is 4.38. The first-order chi connectivity index (χ1) is 49.2. The lowest BCUT2D eigenvalue weighted by Gasteiger charge is -2.03. The average molecular weight is 1330 g/mol. The van der Waals surface area contributed by atoms with E-state index >= 15 is 0 Å². The molecule has 0 saturated heterocycles. The van der Waals surface area contributed by atoms with Gasteiger partial charge in [-0.05, 0) is 154 Å². The van der Waals surface area contributed by atoms with Crippen molar-refractivity contribution in [2.24, 2.45) is 0 Å². The molecule has 0 N–H and O–H groups in total. The third-order valence-corrected chi connectivity index (χ3v) is 13.6. The van der Waals surface area contributed by atoms with E-state index in [1.807, 2.05) is 228 Å². The van der Waals surface area contributed by atoms with Crippen LogP contribution in [-0.4, -0.2) is 105 Å². The van der Waals surface area contributed by atoms with Crippen molar-refractivity contribution in [2.45, 2.75) is 76.2 Å². The van der Waals surface area contributed by atoms with Gasteiger partial charge in [0.2, 0.25) is 0 Å². The van der Waals surface area contributed by atoms with Crippen LogP contribution in [0.15, 0.2) is 282 Å². The number of nitrogens with zero attached hydrogens (tertiary/aromatic N) is 21. The number of para-hydroxylation sites is 5. The lowest BCUT2D eigenvalue weighted by molar-refractivity contribution is 0.974. The fourth-order valence-electron chi connectivity index (χ4n) is 8.58. The van der Waals surface area contributed by atoms with Crippen molar-refractivity contribution in [1.29, 1.82) is 0 Å². The second-order valence-corrected chi connectivity index (χ2v) is 21.8. The van der Waals surface area contributed by atoms with E-state index in [1.165, 1.54) is 35.1 Å². The van der Waals surface area contributed by atoms with Crippen molar-refractivity contribution in [2.75, 3.05) is 0 Å². The van der Waals surface area contributed by atoms with Crippen LogP contribution in [0, 0.1) is 76.2 Å². The zero-order chi connectivity index (χ0) is 71.7. The van der Waals surface area contributed by atoms with Crippen LogP contribution in [0.25, 0.3) is 65.4 Å². The summed E-state index contributed by atoms with van der Waals surface area (Å²) in [6.45, 7) is 21.3. The van der Waals surface area contributed by atoms with Crippen LogP contribution >= 0.6 is 0 Å². The fraction of sp³-hybridized carbons (Fsp3) is 0.138. The van der Waals surface area contributed by atoms with Crippen molar-refractivity contribution in [1.82, 2.24) is 105 Å². The Kier molecular flexibility index (Phi) is 31.6. The first-order valence-corrected chi connectivity index (χ1v) is 32.0. The van der Waals surface area contributed by atoms with Gasteiger partial charge in [0.05, 0.1) is 50.2 Å². The third-order valence-electron chi connectivity index (χ3n) is 13.6. The molecule has 504 valence electrons. The lowest BCUT2D eigenvalue weighted by atomic mass is 10.1. The molecule has 11 heterocycles. The standard InChI is InChI=1S/C13H10N2.C10H9N.3C9H8N2.C6H7N.4C5H6N2.C4H5N3/c1-9-11-7-6-10-4-2-3-5-12(10)13(11)15-8-14-9;1-8-6-7-9-4-2-3-5-10(9)11-8;1-7-8-4-2-3-5-9(8)11-6-10-7;1-7-10-6-8-4-2-3-5-9(8)11-7;1-7-6-10-8-4-2-3-5-9(8)11-7;1-6-4-2-3-5-7-6;1-5-4-6-2-3-7-5;1-5-2-3-6-4-7-5;1-5-6-3-2-4-7-5;1-5-3-2-4-6-7-5;1-4-6-2-5-3-7-4/h2-8H,1H3;2-7H,1H3;3*2-6H,1H3;2-5H,1H3;4*2-4H,1H3;2-3H,1H3. The van der Waals surface area contributed by atoms with Crippen LogP contribution in [0.3, 0.4) is 0 Å². The maximum absolute atomic E-state index is 4.38. The molecule has 0 aliphatic rings. The number of fused-ring (bicyclic) bond motifs is 7. The summed E-state index contributed by atoms with van der Waals surface area (Å²) in [5.74, 6) is 2.40. The number of hydrogen-bond donors (Lipinski definition) is 0. The second kappa shape index (κ2) is 42.4. The van der Waals surface area contributed by atoms with Gasteiger partial charge in [-0.2, -0.15) is 10.2 Å². The summed E-state index contributed by atoms with van der Waals surface area (Å²) in [4.78, 5) is 76.3. The molecular weight excluding hydrogens is 1260 g/mol. The summed E-state index contributed by atoms with van der Waals surface area (Å²) in [5.41, 5.74) is 14.2. The van der Waals surface area contributed by atoms with Crippen molar-refractivity contribution in [3.63, 3.8) is 0 Å². The predicted octanol–water partition coefficient (Wildman–Crippen LogP) is 16.2. The van der Waals surface area contributed by atoms with Gasteiger partial charge in [-0.3, -0.25) is 24.9 Å². The van der Waals surface area contributed by atoms with Crippen LogP contribution in [-0.2, 0) is 0 Å². The van der Waals surface area contributed by atoms with Crippen LogP contribution in [0.2, 0.25) is 0 Å². The number of pyridine rings is 2. The summed E-state index contributed by atoms with van der Waals surface area (Å²) < 4.78 is 0. The Labute approximate surface area is 588 Å². The Hall–Kier alpha value is -13.2. The molecule has 0 atom stereocenters. The first kappa shape index (κ1) is 75.2. The molecule has 11 aromatic heterocycles. The second-order valence-electron chi connectivity index (χ2n) is 21.8. The summed E-state index contributed by atoms with van der Waals surface area (Å²) in [7, 11) is 0. The van der Waals surface area contributed by atoms with Gasteiger partial charge < -0.3 is 0 Å². The van der Waals surface area contributed by atoms with Gasteiger partial charge in [0.1, 0.15) is 49.1 Å². The van der Waals surface area contributed by atoms with Crippen molar-refractivity contribution in [3.8, 4) is 0 Å². The van der Waals surface area contributed by atoms with E-state index in [9.17, 15) is 0 Å². The van der Waals surface area contributed by atoms with Crippen LogP contribution in [0.4, 0.5) is 0 Å². The van der Waals surface area contributed by atoms with Crippen molar-refractivity contribution in [3.05, 3.63) is 345 Å². The fourth-order valence-corrected chi connectivity index (χ4v) is 8.58. The summed E-state index contributed by atoms with van der Waals surface area (Å²) in [6, 6.07) is 61.9. The number of rotatable bonds is 0. The molecule has 0 bridgehead atoms. The molecule has 0 unspecified atom stereocenters. The Bertz CT molecular complexity index is 4660. The molecule has 0 spiro atoms. The van der Waals surface area contributed by atoms with Crippen molar-refractivity contribution >= 4 is 65.4 Å². The molecule has 0 aliphatic heterocycles. The SMILES string of the molecule is Cc1ccc2ccccc2n1.Cc1ccccn1.Cc1cccnn1.Cc1ccncn1.Cc1cnc2ccccc2n1.Cc1cnccn1.Cc1ncc2ccccc2n1.Cc1ncccn1.Cc1ncnc2c1ccc1ccccc12.Cc1ncnc2ccccc12.Cc1ncncn1. The summed E-state index contributed by atoms with van der Waals surface area (Å²) in [5, 5.41) is 14.4. The van der Waals surface area contributed by atoms with Gasteiger partial charge in [-0.15, -0.1) is 0 Å². The Morgan fingerprint density at radius 2 is 0.782 bits per heavy atom. The van der Waals surface area contributed by atoms with E-state index in [0.717, 1.165) is 112 Å². The topological polar surface area (TPSA) is 271 Å². The molecule has 0 fully saturated rings. The van der Waals surface area contributed by atoms with Gasteiger partial charge in [0, 0.05) is 117 Å². The lowest BCUT2D eigenvalue weighted by Crippen LogP contribution is -1.87. The minimum absolute atomic E-state index is 0.759. The van der Waals surface area contributed by atoms with Gasteiger partial charge in [-0.1, -0.05) is 115 Å². The highest BCUT2D eigenvalue weighted by molar-refractivity contribution is 6.05. The highest BCUT2D eigenvalue weighted by Gasteiger charge is 2.03. The molecule has 0 aliphatic carbocycles. The molecule has 101 heavy (non-hydrogen) atoms. The van der Waals surface area contributed by atoms with E-state index in [-0.39, 0.29) is 0 Å². The van der Waals surface area contributed by atoms with E-state index < -0.39 is 0 Å². The molecule has 17 rings (SSSR count). The van der Waals surface area contributed by atoms with Gasteiger partial charge in [0.25, 0.3) is 0 Å². The smallest absolute Gasteiger partial charge is 0.128 e. The molecule has 17 aromatic rings. The van der Waals surface area contributed by atoms with E-state index in [0.29, 0.717) is 0 Å². The Morgan fingerprint density at radius 1 is 0.218 bits per heavy atom. The number of hydrogen-bond acceptors (Lipinski definition) is 21. The van der Waals surface area contributed by atoms with Crippen LogP contribution in [0.1, 0.15) is 63.0 Å². The maximum Gasteiger partial charge on any atom is 0.128 e. The summed E-state index contributed by atoms with van der Waals surface area (Å²) in [6.07, 6.45) is 25.0. The number of aryl methyl sites for hydroxylation is 11. The monoisotopic (exact) mass is 1330 g/mol. The summed E-state index contributed by atoms with van der Waals surface area (Å²) >= 11 is 0. The highest BCUT2D eigenvalue weighted by atomic mass is 15.1. The van der Waals surface area contributed by atoms with Crippen LogP contribution < -0.4 is 0 Å². The largest absolute Gasteiger partial charge is 0.262 e. The van der Waals surface area contributed by atoms with Crippen LogP contribution in [0.5, 0.6) is 0 Å². The molecule has 0 radical (unpaired) electrons. The predicted molar refractivity (Wildman–Crippen MR) is 402 cm³/mol. The molecule has 21 heteroatoms. The minimum atomic E-state index is 0.759. The number of benzene rings is 6. The first-order valence-electron chi connectivity index (χ1n) is 32.0. The minimum Gasteiger partial charge on any atom is -0.262 e. The van der Waals surface area contributed by atoms with Gasteiger partial charge in [0.15, 0.2) is 0 Å². The Morgan fingerprint density at radius 3 is 1.34 bits per heavy atom. The van der Waals surface area contributed by atoms with Gasteiger partial charge >= 0.3 is 0 Å². The van der Waals surface area contributed by atoms with E-state index in [4.69, 9.17) is 0 Å². The average Bonchev–Trinajstić information content (AvgIpc) is 0.789. The normalized spacial score (nSPS) is 9.73. The Balaban J connectivity index is 0.000000158. The molecule has 0 saturated carbocycles. The van der Waals surface area contributed by atoms with Gasteiger partial charge in [-0.25, -0.2) is 69.8 Å². The van der Waals surface area contributed by atoms with Crippen molar-refractivity contribution < 1.29 is 0 Å². The third kappa shape index (κ3) is 27.8. The van der Waals surface area contributed by atoms with E-state index in [2.05, 4.69) is 141 Å². The zero-order valence-corrected chi connectivity index (χ0v) is 58.4. The molecule has 21 nitrogen and oxygen atoms in total. The number of aromatic nitrogens is 21. The molecular formula is C80H79N21. The quantitative estimate of drug-likeness (QED) is 0.128.